The first-order valence-electron chi connectivity index (χ1n) is 14.8. The number of aryl methyl sites for hydroxylation is 1. The number of alkyl halides is 6. The Morgan fingerprint density at radius 3 is 2.42 bits per heavy atom. The van der Waals surface area contributed by atoms with Crippen LogP contribution in [0.4, 0.5) is 32.2 Å². The molecule has 0 saturated carbocycles. The summed E-state index contributed by atoms with van der Waals surface area (Å²) < 4.78 is 96.4. The monoisotopic (exact) mass is 695 g/mol. The van der Waals surface area contributed by atoms with E-state index >= 15 is 0 Å². The largest absolute Gasteiger partial charge is 0.486 e. The zero-order valence-corrected chi connectivity index (χ0v) is 26.8. The van der Waals surface area contributed by atoms with E-state index in [9.17, 15) is 35.9 Å². The number of piperazine rings is 1. The van der Waals surface area contributed by atoms with Gasteiger partial charge in [-0.15, -0.1) is 0 Å². The number of amides is 1. The SMILES string of the molecule is C=CC(=O)N1CCN(c2nc(=O)n(-c3c(C)ccnc3C(C)C)c3c4c(c(Cl)cc23)-c2c(C(F)(F)F)oc(C(F)(F)F)c2CO4)[C@@H](C)C1. The van der Waals surface area contributed by atoms with Gasteiger partial charge in [-0.3, -0.25) is 14.3 Å². The van der Waals surface area contributed by atoms with Gasteiger partial charge in [0.1, 0.15) is 17.9 Å². The second-order valence-corrected chi connectivity index (χ2v) is 12.4. The number of carbonyl (C=O) groups excluding carboxylic acids is 1. The molecule has 4 aromatic rings. The van der Waals surface area contributed by atoms with Gasteiger partial charge in [0.2, 0.25) is 17.4 Å². The number of fused-ring (bicyclic) bond motifs is 5. The maximum atomic E-state index is 14.3. The number of aromatic nitrogens is 3. The van der Waals surface area contributed by atoms with E-state index in [0.717, 1.165) is 4.57 Å². The minimum Gasteiger partial charge on any atom is -0.486 e. The van der Waals surface area contributed by atoms with Crippen LogP contribution >= 0.6 is 11.6 Å². The van der Waals surface area contributed by atoms with Crippen molar-refractivity contribution in [1.82, 2.24) is 19.4 Å². The molecular weight excluding hydrogens is 668 g/mol. The summed E-state index contributed by atoms with van der Waals surface area (Å²) in [5.74, 6) is -4.52. The minimum atomic E-state index is -5.34. The highest BCUT2D eigenvalue weighted by atomic mass is 35.5. The number of anilines is 1. The summed E-state index contributed by atoms with van der Waals surface area (Å²) >= 11 is 6.70. The highest BCUT2D eigenvalue weighted by Gasteiger charge is 2.50. The van der Waals surface area contributed by atoms with Crippen LogP contribution in [0.3, 0.4) is 0 Å². The van der Waals surface area contributed by atoms with Gasteiger partial charge in [-0.2, -0.15) is 31.3 Å². The van der Waals surface area contributed by atoms with Gasteiger partial charge in [-0.25, -0.2) is 4.79 Å². The number of ether oxygens (including phenoxy) is 1. The predicted molar refractivity (Wildman–Crippen MR) is 165 cm³/mol. The van der Waals surface area contributed by atoms with Crippen LogP contribution in [-0.4, -0.2) is 51.0 Å². The Morgan fingerprint density at radius 2 is 1.81 bits per heavy atom. The van der Waals surface area contributed by atoms with Crippen molar-refractivity contribution in [3.63, 3.8) is 0 Å². The molecule has 9 nitrogen and oxygen atoms in total. The molecule has 1 saturated heterocycles. The molecule has 2 aliphatic heterocycles. The summed E-state index contributed by atoms with van der Waals surface area (Å²) in [6, 6.07) is 2.50. The number of halogens is 7. The van der Waals surface area contributed by atoms with E-state index in [4.69, 9.17) is 16.3 Å². The van der Waals surface area contributed by atoms with E-state index in [1.165, 1.54) is 12.1 Å². The molecule has 2 aliphatic rings. The number of hydrogen-bond acceptors (Lipinski definition) is 7. The Bertz CT molecular complexity index is 2050. The summed E-state index contributed by atoms with van der Waals surface area (Å²) in [5.41, 5.74) is -1.90. The van der Waals surface area contributed by atoms with E-state index in [1.807, 2.05) is 13.8 Å². The summed E-state index contributed by atoms with van der Waals surface area (Å²) in [6.07, 6.45) is -7.88. The van der Waals surface area contributed by atoms with Crippen molar-refractivity contribution >= 4 is 34.2 Å². The maximum Gasteiger partial charge on any atom is 0.450 e. The molecule has 1 atom stereocenters. The van der Waals surface area contributed by atoms with E-state index in [0.29, 0.717) is 11.3 Å². The fourth-order valence-corrected chi connectivity index (χ4v) is 6.72. The quantitative estimate of drug-likeness (QED) is 0.164. The van der Waals surface area contributed by atoms with Crippen molar-refractivity contribution in [2.75, 3.05) is 24.5 Å². The fourth-order valence-electron chi connectivity index (χ4n) is 6.43. The molecule has 6 rings (SSSR count). The third-order valence-electron chi connectivity index (χ3n) is 8.51. The third kappa shape index (κ3) is 5.28. The van der Waals surface area contributed by atoms with Crippen LogP contribution in [0.25, 0.3) is 27.7 Å². The number of hydrogen-bond donors (Lipinski definition) is 0. The molecule has 16 heteroatoms. The van der Waals surface area contributed by atoms with Crippen molar-refractivity contribution in [3.8, 4) is 22.6 Å². The molecule has 0 aliphatic carbocycles. The van der Waals surface area contributed by atoms with Crippen molar-refractivity contribution < 1.29 is 40.3 Å². The summed E-state index contributed by atoms with van der Waals surface area (Å²) in [6.45, 7) is 10.4. The normalized spacial score (nSPS) is 16.6. The van der Waals surface area contributed by atoms with Gasteiger partial charge < -0.3 is 19.0 Å². The number of nitrogens with zero attached hydrogens (tertiary/aromatic N) is 5. The van der Waals surface area contributed by atoms with E-state index < -0.39 is 58.9 Å². The Kier molecular flexibility index (Phi) is 8.04. The Balaban J connectivity index is 1.74. The molecule has 0 spiro atoms. The van der Waals surface area contributed by atoms with E-state index in [-0.39, 0.29) is 64.6 Å². The van der Waals surface area contributed by atoms with Gasteiger partial charge in [0.15, 0.2) is 5.75 Å². The molecule has 254 valence electrons. The number of pyridine rings is 1. The third-order valence-corrected chi connectivity index (χ3v) is 8.81. The van der Waals surface area contributed by atoms with Crippen LogP contribution in [0.1, 0.15) is 55.0 Å². The number of carbonyl (C=O) groups is 1. The van der Waals surface area contributed by atoms with Gasteiger partial charge in [0, 0.05) is 53.9 Å². The highest BCUT2D eigenvalue weighted by Crippen LogP contribution is 2.55. The molecule has 0 unspecified atom stereocenters. The molecule has 5 heterocycles. The van der Waals surface area contributed by atoms with Gasteiger partial charge in [-0.1, -0.05) is 32.0 Å². The zero-order chi connectivity index (χ0) is 35.0. The second-order valence-electron chi connectivity index (χ2n) is 12.0. The van der Waals surface area contributed by atoms with E-state index in [1.54, 1.807) is 35.9 Å². The lowest BCUT2D eigenvalue weighted by Crippen LogP contribution is -2.54. The van der Waals surface area contributed by atoms with Crippen molar-refractivity contribution in [2.45, 2.75) is 58.6 Å². The molecule has 1 amide bonds. The van der Waals surface area contributed by atoms with Crippen LogP contribution in [-0.2, 0) is 23.8 Å². The molecular formula is C32H28ClF6N5O4. The number of furan rings is 1. The van der Waals surface area contributed by atoms with Gasteiger partial charge in [0.25, 0.3) is 0 Å². The topological polar surface area (TPSA) is 93.7 Å². The lowest BCUT2D eigenvalue weighted by atomic mass is 9.94. The smallest absolute Gasteiger partial charge is 0.450 e. The molecule has 48 heavy (non-hydrogen) atoms. The molecule has 3 aromatic heterocycles. The standard InChI is InChI=1S/C32H28ClF6N5O4/c1-6-20(45)42-9-10-43(16(5)12-42)29-17-11-19(33)22-21-18(27(31(34,35)36)48-28(21)32(37,38)39)13-47-26(22)25(17)44(30(46)41-29)24-15(4)7-8-40-23(24)14(2)3/h6-8,11,14,16H,1,9-10,12-13H2,2-5H3/t16-/m0/s1. The molecule has 0 radical (unpaired) electrons. The average molecular weight is 696 g/mol. The Morgan fingerprint density at radius 1 is 1.12 bits per heavy atom. The van der Waals surface area contributed by atoms with Crippen LogP contribution in [0.15, 0.2) is 40.2 Å². The first-order chi connectivity index (χ1) is 22.4. The Labute approximate surface area is 274 Å². The lowest BCUT2D eigenvalue weighted by Gasteiger charge is -2.40. The second kappa shape index (κ2) is 11.6. The summed E-state index contributed by atoms with van der Waals surface area (Å²) in [7, 11) is 0. The maximum absolute atomic E-state index is 14.3. The van der Waals surface area contributed by atoms with Crippen LogP contribution < -0.4 is 15.3 Å². The predicted octanol–water partition coefficient (Wildman–Crippen LogP) is 7.28. The van der Waals surface area contributed by atoms with Crippen molar-refractivity contribution in [1.29, 1.82) is 0 Å². The number of rotatable bonds is 4. The first-order valence-corrected chi connectivity index (χ1v) is 15.2. The molecule has 0 bridgehead atoms. The van der Waals surface area contributed by atoms with Crippen LogP contribution in [0, 0.1) is 6.92 Å². The van der Waals surface area contributed by atoms with Crippen molar-refractivity contribution in [3.05, 3.63) is 74.8 Å². The molecule has 1 fully saturated rings. The minimum absolute atomic E-state index is 0.0623. The summed E-state index contributed by atoms with van der Waals surface area (Å²) in [4.78, 5) is 38.8. The first kappa shape index (κ1) is 33.4. The number of benzene rings is 1. The zero-order valence-electron chi connectivity index (χ0n) is 26.0. The summed E-state index contributed by atoms with van der Waals surface area (Å²) in [5, 5.41) is -0.199. The van der Waals surface area contributed by atoms with Crippen molar-refractivity contribution in [2.24, 2.45) is 0 Å². The van der Waals surface area contributed by atoms with Gasteiger partial charge >= 0.3 is 18.0 Å². The highest BCUT2D eigenvalue weighted by molar-refractivity contribution is 6.35. The molecule has 0 N–H and O–H groups in total. The average Bonchev–Trinajstić information content (AvgIpc) is 3.42. The Hall–Kier alpha value is -4.53. The molecule has 1 aromatic carbocycles. The van der Waals surface area contributed by atoms with Crippen LogP contribution in [0.2, 0.25) is 5.02 Å². The lowest BCUT2D eigenvalue weighted by molar-refractivity contribution is -0.171. The van der Waals surface area contributed by atoms with E-state index in [2.05, 4.69) is 21.0 Å². The fraction of sp³-hybridized carbons (Fsp3) is 0.375. The van der Waals surface area contributed by atoms with Gasteiger partial charge in [-0.05, 0) is 43.5 Å². The van der Waals surface area contributed by atoms with Gasteiger partial charge in [0.05, 0.1) is 16.4 Å². The van der Waals surface area contributed by atoms with Crippen LogP contribution in [0.5, 0.6) is 5.75 Å².